The molecule has 2 rings (SSSR count). The molecule has 0 aromatic heterocycles. The van der Waals surface area contributed by atoms with Gasteiger partial charge in [0.1, 0.15) is 5.82 Å². The summed E-state index contributed by atoms with van der Waals surface area (Å²) in [6, 6.07) is 11.1. The van der Waals surface area contributed by atoms with Crippen molar-refractivity contribution in [1.82, 2.24) is 5.32 Å². The lowest BCUT2D eigenvalue weighted by molar-refractivity contribution is 0.0954. The van der Waals surface area contributed by atoms with Gasteiger partial charge in [-0.25, -0.2) is 4.39 Å². The number of nitrogens with two attached hydrogens (primary N) is 1. The minimum Gasteiger partial charge on any atom is -0.398 e. The molecule has 2 aromatic rings. The Morgan fingerprint density at radius 1 is 1.20 bits per heavy atom. The standard InChI is InChI=1S/C15H14ClFN2O/c16-11-3-1-10(2-4-11)7-8-19-15(20)13-9-12(17)5-6-14(13)18/h1-6,9H,7-8,18H2,(H,19,20). The molecule has 0 bridgehead atoms. The van der Waals surface area contributed by atoms with Gasteiger partial charge in [0.2, 0.25) is 0 Å². The van der Waals surface area contributed by atoms with Gasteiger partial charge >= 0.3 is 0 Å². The van der Waals surface area contributed by atoms with E-state index in [0.717, 1.165) is 11.6 Å². The van der Waals surface area contributed by atoms with E-state index in [9.17, 15) is 9.18 Å². The first-order valence-corrected chi connectivity index (χ1v) is 6.52. The second-order valence-electron chi connectivity index (χ2n) is 4.36. The molecule has 0 aliphatic carbocycles. The number of anilines is 1. The molecule has 0 radical (unpaired) electrons. The molecule has 5 heteroatoms. The summed E-state index contributed by atoms with van der Waals surface area (Å²) < 4.78 is 13.1. The fraction of sp³-hybridized carbons (Fsp3) is 0.133. The highest BCUT2D eigenvalue weighted by Crippen LogP contribution is 2.13. The van der Waals surface area contributed by atoms with Crippen molar-refractivity contribution in [2.24, 2.45) is 0 Å². The molecule has 0 unspecified atom stereocenters. The molecule has 3 nitrogen and oxygen atoms in total. The molecule has 0 aliphatic rings. The average molecular weight is 293 g/mol. The Labute approximate surface area is 121 Å². The quantitative estimate of drug-likeness (QED) is 0.851. The van der Waals surface area contributed by atoms with Crippen LogP contribution in [0.1, 0.15) is 15.9 Å². The molecule has 2 aromatic carbocycles. The number of halogens is 2. The van der Waals surface area contributed by atoms with Gasteiger partial charge in [-0.05, 0) is 42.3 Å². The predicted octanol–water partition coefficient (Wildman–Crippen LogP) is 3.03. The van der Waals surface area contributed by atoms with Crippen LogP contribution < -0.4 is 11.1 Å². The van der Waals surface area contributed by atoms with Crippen LogP contribution in [0.15, 0.2) is 42.5 Å². The van der Waals surface area contributed by atoms with Gasteiger partial charge < -0.3 is 11.1 Å². The summed E-state index contributed by atoms with van der Waals surface area (Å²) in [6.45, 7) is 0.441. The molecule has 20 heavy (non-hydrogen) atoms. The summed E-state index contributed by atoms with van der Waals surface area (Å²) in [4.78, 5) is 11.9. The van der Waals surface area contributed by atoms with Gasteiger partial charge in [0.15, 0.2) is 0 Å². The van der Waals surface area contributed by atoms with E-state index in [1.807, 2.05) is 12.1 Å². The van der Waals surface area contributed by atoms with Crippen LogP contribution in [0.2, 0.25) is 5.02 Å². The van der Waals surface area contributed by atoms with Crippen LogP contribution in [-0.2, 0) is 6.42 Å². The molecule has 0 atom stereocenters. The zero-order valence-corrected chi connectivity index (χ0v) is 11.5. The summed E-state index contributed by atoms with van der Waals surface area (Å²) in [5, 5.41) is 3.38. The SMILES string of the molecule is Nc1ccc(F)cc1C(=O)NCCc1ccc(Cl)cc1. The van der Waals surface area contributed by atoms with Crippen molar-refractivity contribution in [1.29, 1.82) is 0 Å². The van der Waals surface area contributed by atoms with Crippen molar-refractivity contribution >= 4 is 23.2 Å². The fourth-order valence-corrected chi connectivity index (χ4v) is 1.92. The Hall–Kier alpha value is -2.07. The minimum atomic E-state index is -0.484. The number of hydrogen-bond donors (Lipinski definition) is 2. The van der Waals surface area contributed by atoms with E-state index < -0.39 is 5.82 Å². The molecule has 1 amide bonds. The maximum Gasteiger partial charge on any atom is 0.253 e. The van der Waals surface area contributed by atoms with E-state index in [2.05, 4.69) is 5.32 Å². The van der Waals surface area contributed by atoms with E-state index in [0.29, 0.717) is 18.0 Å². The van der Waals surface area contributed by atoms with Crippen molar-refractivity contribution in [2.45, 2.75) is 6.42 Å². The lowest BCUT2D eigenvalue weighted by Gasteiger charge is -2.08. The number of carbonyl (C=O) groups excluding carboxylic acids is 1. The van der Waals surface area contributed by atoms with Gasteiger partial charge in [-0.15, -0.1) is 0 Å². The highest BCUT2D eigenvalue weighted by Gasteiger charge is 2.10. The first kappa shape index (κ1) is 14.3. The summed E-state index contributed by atoms with van der Waals surface area (Å²) in [7, 11) is 0. The van der Waals surface area contributed by atoms with Gasteiger partial charge in [0.25, 0.3) is 5.91 Å². The summed E-state index contributed by atoms with van der Waals surface area (Å²) >= 11 is 5.79. The van der Waals surface area contributed by atoms with Crippen molar-refractivity contribution in [2.75, 3.05) is 12.3 Å². The van der Waals surface area contributed by atoms with E-state index in [4.69, 9.17) is 17.3 Å². The van der Waals surface area contributed by atoms with Crippen LogP contribution in [0, 0.1) is 5.82 Å². The van der Waals surface area contributed by atoms with E-state index in [1.54, 1.807) is 12.1 Å². The molecular weight excluding hydrogens is 279 g/mol. The zero-order valence-electron chi connectivity index (χ0n) is 10.7. The first-order chi connectivity index (χ1) is 9.56. The molecule has 0 aliphatic heterocycles. The Morgan fingerprint density at radius 3 is 2.60 bits per heavy atom. The van der Waals surface area contributed by atoms with Crippen LogP contribution in [0.25, 0.3) is 0 Å². The Morgan fingerprint density at radius 2 is 1.90 bits per heavy atom. The lowest BCUT2D eigenvalue weighted by atomic mass is 10.1. The van der Waals surface area contributed by atoms with Crippen molar-refractivity contribution in [3.8, 4) is 0 Å². The summed E-state index contributed by atoms with van der Waals surface area (Å²) in [5.74, 6) is -0.863. The number of hydrogen-bond acceptors (Lipinski definition) is 2. The molecule has 0 saturated heterocycles. The molecule has 0 fully saturated rings. The Bertz CT molecular complexity index is 614. The average Bonchev–Trinajstić information content (AvgIpc) is 2.43. The largest absolute Gasteiger partial charge is 0.398 e. The van der Waals surface area contributed by atoms with Crippen LogP contribution >= 0.6 is 11.6 Å². The zero-order chi connectivity index (χ0) is 14.5. The van der Waals surface area contributed by atoms with E-state index in [1.165, 1.54) is 12.1 Å². The van der Waals surface area contributed by atoms with E-state index in [-0.39, 0.29) is 17.2 Å². The minimum absolute atomic E-state index is 0.154. The number of benzene rings is 2. The van der Waals surface area contributed by atoms with Crippen molar-refractivity contribution in [3.05, 3.63) is 64.4 Å². The second-order valence-corrected chi connectivity index (χ2v) is 4.80. The monoisotopic (exact) mass is 292 g/mol. The number of carbonyl (C=O) groups is 1. The summed E-state index contributed by atoms with van der Waals surface area (Å²) in [6.07, 6.45) is 0.665. The Balaban J connectivity index is 1.92. The van der Waals surface area contributed by atoms with Gasteiger partial charge in [-0.3, -0.25) is 4.79 Å². The number of nitrogen functional groups attached to an aromatic ring is 1. The molecule has 0 spiro atoms. The van der Waals surface area contributed by atoms with Crippen molar-refractivity contribution < 1.29 is 9.18 Å². The maximum absolute atomic E-state index is 13.1. The van der Waals surface area contributed by atoms with E-state index >= 15 is 0 Å². The molecular formula is C15H14ClFN2O. The number of amides is 1. The smallest absolute Gasteiger partial charge is 0.253 e. The molecule has 104 valence electrons. The number of rotatable bonds is 4. The first-order valence-electron chi connectivity index (χ1n) is 6.14. The third-order valence-corrected chi connectivity index (χ3v) is 3.12. The third kappa shape index (κ3) is 3.71. The molecule has 0 heterocycles. The maximum atomic E-state index is 13.1. The molecule has 0 saturated carbocycles. The van der Waals surface area contributed by atoms with Crippen LogP contribution in [0.4, 0.5) is 10.1 Å². The number of nitrogens with one attached hydrogen (secondary N) is 1. The summed E-state index contributed by atoms with van der Waals surface area (Å²) in [5.41, 5.74) is 7.12. The normalized spacial score (nSPS) is 10.3. The van der Waals surface area contributed by atoms with Crippen LogP contribution in [0.5, 0.6) is 0 Å². The van der Waals surface area contributed by atoms with Gasteiger partial charge in [-0.2, -0.15) is 0 Å². The lowest BCUT2D eigenvalue weighted by Crippen LogP contribution is -2.26. The molecule has 3 N–H and O–H groups in total. The highest BCUT2D eigenvalue weighted by molar-refractivity contribution is 6.30. The van der Waals surface area contributed by atoms with Gasteiger partial charge in [0, 0.05) is 17.3 Å². The second kappa shape index (κ2) is 6.39. The van der Waals surface area contributed by atoms with Gasteiger partial charge in [-0.1, -0.05) is 23.7 Å². The predicted molar refractivity (Wildman–Crippen MR) is 78.3 cm³/mol. The third-order valence-electron chi connectivity index (χ3n) is 2.87. The fourth-order valence-electron chi connectivity index (χ4n) is 1.79. The highest BCUT2D eigenvalue weighted by atomic mass is 35.5. The van der Waals surface area contributed by atoms with Crippen LogP contribution in [0.3, 0.4) is 0 Å². The Kier molecular flexibility index (Phi) is 4.58. The van der Waals surface area contributed by atoms with Crippen molar-refractivity contribution in [3.63, 3.8) is 0 Å². The van der Waals surface area contributed by atoms with Crippen LogP contribution in [-0.4, -0.2) is 12.5 Å². The topological polar surface area (TPSA) is 55.1 Å². The van der Waals surface area contributed by atoms with Gasteiger partial charge in [0.05, 0.1) is 5.56 Å².